The van der Waals surface area contributed by atoms with Gasteiger partial charge in [0.2, 0.25) is 0 Å². The zero-order valence-electron chi connectivity index (χ0n) is 15.7. The van der Waals surface area contributed by atoms with Crippen molar-refractivity contribution in [1.29, 1.82) is 0 Å². The number of ether oxygens (including phenoxy) is 2. The topological polar surface area (TPSA) is 52.6 Å². The standard InChI is InChI=1S/C22H22Br2O4/c1-13-11-14(2)20(28-22(26)16-5-9-18(24)10-6-16)19(12-13)27-21(25)15-3-7-17(23)8-4-15/h3-10,13-14,19-20H,11-12H2,1-2H3/t13-,14+,19+,20-/m1/s1. The van der Waals surface area contributed by atoms with Crippen LogP contribution in [0.3, 0.4) is 0 Å². The van der Waals surface area contributed by atoms with Gasteiger partial charge in [-0.1, -0.05) is 45.7 Å². The van der Waals surface area contributed by atoms with E-state index < -0.39 is 24.1 Å². The molecule has 0 aromatic heterocycles. The van der Waals surface area contributed by atoms with E-state index in [1.807, 2.05) is 6.92 Å². The maximum absolute atomic E-state index is 12.6. The molecule has 6 heteroatoms. The molecule has 0 spiro atoms. The van der Waals surface area contributed by atoms with Gasteiger partial charge in [0.15, 0.2) is 0 Å². The zero-order chi connectivity index (χ0) is 20.3. The highest BCUT2D eigenvalue weighted by Gasteiger charge is 2.39. The SMILES string of the molecule is C[C@H]1C[C@H](OC(=O)c2ccc(Br)cc2)[C@H](OC(=O)c2ccc(Br)cc2)[C@@H](C)C1. The van der Waals surface area contributed by atoms with Crippen LogP contribution >= 0.6 is 31.9 Å². The van der Waals surface area contributed by atoms with E-state index in [2.05, 4.69) is 38.8 Å². The summed E-state index contributed by atoms with van der Waals surface area (Å²) in [4.78, 5) is 25.2. The first-order chi connectivity index (χ1) is 13.3. The molecule has 0 heterocycles. The van der Waals surface area contributed by atoms with Gasteiger partial charge in [0.25, 0.3) is 0 Å². The lowest BCUT2D eigenvalue weighted by Crippen LogP contribution is -2.44. The van der Waals surface area contributed by atoms with Crippen LogP contribution < -0.4 is 0 Å². The second-order valence-corrected chi connectivity index (χ2v) is 9.21. The Balaban J connectivity index is 1.74. The van der Waals surface area contributed by atoms with Gasteiger partial charge in [-0.2, -0.15) is 0 Å². The third-order valence-electron chi connectivity index (χ3n) is 5.00. The minimum absolute atomic E-state index is 0.103. The molecule has 0 aliphatic heterocycles. The van der Waals surface area contributed by atoms with Crippen LogP contribution in [0.5, 0.6) is 0 Å². The van der Waals surface area contributed by atoms with Crippen LogP contribution in [0.4, 0.5) is 0 Å². The molecule has 148 valence electrons. The molecule has 0 unspecified atom stereocenters. The number of hydrogen-bond acceptors (Lipinski definition) is 4. The third kappa shape index (κ3) is 5.23. The molecule has 0 amide bonds. The number of benzene rings is 2. The molecule has 1 aliphatic carbocycles. The van der Waals surface area contributed by atoms with Crippen LogP contribution in [-0.4, -0.2) is 24.1 Å². The van der Waals surface area contributed by atoms with E-state index in [0.717, 1.165) is 15.4 Å². The van der Waals surface area contributed by atoms with Gasteiger partial charge in [-0.05, 0) is 73.2 Å². The molecule has 0 saturated heterocycles. The number of hydrogen-bond donors (Lipinski definition) is 0. The quantitative estimate of drug-likeness (QED) is 0.472. The molecule has 0 bridgehead atoms. The minimum Gasteiger partial charge on any atom is -0.455 e. The van der Waals surface area contributed by atoms with E-state index in [-0.39, 0.29) is 5.92 Å². The lowest BCUT2D eigenvalue weighted by atomic mass is 9.79. The fraction of sp³-hybridized carbons (Fsp3) is 0.364. The minimum atomic E-state index is -0.466. The smallest absolute Gasteiger partial charge is 0.338 e. The molecule has 28 heavy (non-hydrogen) atoms. The van der Waals surface area contributed by atoms with Crippen molar-refractivity contribution >= 4 is 43.8 Å². The van der Waals surface area contributed by atoms with Crippen LogP contribution in [0, 0.1) is 11.8 Å². The fourth-order valence-corrected chi connectivity index (χ4v) is 4.17. The summed E-state index contributed by atoms with van der Waals surface area (Å²) in [6.45, 7) is 4.17. The van der Waals surface area contributed by atoms with Crippen LogP contribution in [0.15, 0.2) is 57.5 Å². The molecule has 2 aromatic carbocycles. The predicted octanol–water partition coefficient (Wildman–Crippen LogP) is 6.03. The van der Waals surface area contributed by atoms with Gasteiger partial charge in [-0.25, -0.2) is 9.59 Å². The number of rotatable bonds is 4. The molecular formula is C22H22Br2O4. The summed E-state index contributed by atoms with van der Waals surface area (Å²) in [6, 6.07) is 14.1. The lowest BCUT2D eigenvalue weighted by Gasteiger charge is -2.38. The highest BCUT2D eigenvalue weighted by molar-refractivity contribution is 9.10. The Bertz CT molecular complexity index is 833. The van der Waals surface area contributed by atoms with Crippen LogP contribution in [0.1, 0.15) is 47.4 Å². The van der Waals surface area contributed by atoms with Gasteiger partial charge < -0.3 is 9.47 Å². The van der Waals surface area contributed by atoms with Gasteiger partial charge in [-0.3, -0.25) is 0 Å². The van der Waals surface area contributed by atoms with Gasteiger partial charge in [0.1, 0.15) is 12.2 Å². The molecule has 4 atom stereocenters. The third-order valence-corrected chi connectivity index (χ3v) is 6.05. The van der Waals surface area contributed by atoms with Crippen molar-refractivity contribution in [2.24, 2.45) is 11.8 Å². The first-order valence-corrected chi connectivity index (χ1v) is 10.8. The molecule has 2 aromatic rings. The highest BCUT2D eigenvalue weighted by atomic mass is 79.9. The second kappa shape index (κ2) is 9.23. The molecule has 0 N–H and O–H groups in total. The summed E-state index contributed by atoms with van der Waals surface area (Å²) >= 11 is 6.72. The van der Waals surface area contributed by atoms with Crippen molar-refractivity contribution in [2.75, 3.05) is 0 Å². The first kappa shape index (κ1) is 21.1. The summed E-state index contributed by atoms with van der Waals surface area (Å²) < 4.78 is 13.4. The fourth-order valence-electron chi connectivity index (χ4n) is 3.64. The number of carbonyl (C=O) groups is 2. The van der Waals surface area contributed by atoms with Crippen LogP contribution in [0.2, 0.25) is 0 Å². The Morgan fingerprint density at radius 3 is 1.75 bits per heavy atom. The van der Waals surface area contributed by atoms with E-state index in [9.17, 15) is 9.59 Å². The van der Waals surface area contributed by atoms with Crippen molar-refractivity contribution in [1.82, 2.24) is 0 Å². The Morgan fingerprint density at radius 2 is 1.25 bits per heavy atom. The van der Waals surface area contributed by atoms with E-state index in [4.69, 9.17) is 9.47 Å². The predicted molar refractivity (Wildman–Crippen MR) is 114 cm³/mol. The Kier molecular flexibility index (Phi) is 6.94. The second-order valence-electron chi connectivity index (χ2n) is 7.38. The van der Waals surface area contributed by atoms with E-state index in [0.29, 0.717) is 23.5 Å². The van der Waals surface area contributed by atoms with Crippen molar-refractivity contribution < 1.29 is 19.1 Å². The Morgan fingerprint density at radius 1 is 0.786 bits per heavy atom. The molecule has 1 fully saturated rings. The number of carbonyl (C=O) groups excluding carboxylic acids is 2. The van der Waals surface area contributed by atoms with Gasteiger partial charge in [-0.15, -0.1) is 0 Å². The monoisotopic (exact) mass is 508 g/mol. The molecule has 3 rings (SSSR count). The van der Waals surface area contributed by atoms with Crippen LogP contribution in [0.25, 0.3) is 0 Å². The molecule has 1 aliphatic rings. The maximum atomic E-state index is 12.6. The molecular weight excluding hydrogens is 488 g/mol. The maximum Gasteiger partial charge on any atom is 0.338 e. The van der Waals surface area contributed by atoms with Crippen LogP contribution in [-0.2, 0) is 9.47 Å². The van der Waals surface area contributed by atoms with Crippen molar-refractivity contribution in [3.63, 3.8) is 0 Å². The number of halogens is 2. The largest absolute Gasteiger partial charge is 0.455 e. The average Bonchev–Trinajstić information content (AvgIpc) is 2.65. The lowest BCUT2D eigenvalue weighted by molar-refractivity contribution is -0.0800. The first-order valence-electron chi connectivity index (χ1n) is 9.26. The normalized spacial score (nSPS) is 24.4. The van der Waals surface area contributed by atoms with Crippen molar-refractivity contribution in [3.05, 3.63) is 68.6 Å². The molecule has 1 saturated carbocycles. The van der Waals surface area contributed by atoms with Gasteiger partial charge in [0.05, 0.1) is 11.1 Å². The van der Waals surface area contributed by atoms with E-state index in [1.54, 1.807) is 48.5 Å². The van der Waals surface area contributed by atoms with Crippen molar-refractivity contribution in [2.45, 2.75) is 38.9 Å². The summed E-state index contributed by atoms with van der Waals surface area (Å²) in [7, 11) is 0. The summed E-state index contributed by atoms with van der Waals surface area (Å²) in [5, 5.41) is 0. The average molecular weight is 510 g/mol. The van der Waals surface area contributed by atoms with Gasteiger partial charge >= 0.3 is 11.9 Å². The summed E-state index contributed by atoms with van der Waals surface area (Å²) in [6.07, 6.45) is 0.663. The zero-order valence-corrected chi connectivity index (χ0v) is 18.9. The number of esters is 2. The van der Waals surface area contributed by atoms with Crippen molar-refractivity contribution in [3.8, 4) is 0 Å². The summed E-state index contributed by atoms with van der Waals surface area (Å²) in [5.74, 6) is -0.307. The molecule has 0 radical (unpaired) electrons. The molecule has 4 nitrogen and oxygen atoms in total. The van der Waals surface area contributed by atoms with E-state index >= 15 is 0 Å². The Labute approximate surface area is 181 Å². The van der Waals surface area contributed by atoms with E-state index in [1.165, 1.54) is 0 Å². The Hall–Kier alpha value is -1.66. The van der Waals surface area contributed by atoms with Gasteiger partial charge in [0, 0.05) is 8.95 Å². The highest BCUT2D eigenvalue weighted by Crippen LogP contribution is 2.34. The summed E-state index contributed by atoms with van der Waals surface area (Å²) in [5.41, 5.74) is 0.957.